The molecule has 2 saturated heterocycles. The van der Waals surface area contributed by atoms with Crippen LogP contribution in [0, 0.1) is 0 Å². The van der Waals surface area contributed by atoms with Crippen molar-refractivity contribution in [2.75, 3.05) is 19.6 Å². The molecular weight excluding hydrogens is 376 g/mol. The second-order valence-electron chi connectivity index (χ2n) is 8.51. The maximum absolute atomic E-state index is 12.3. The lowest BCUT2D eigenvalue weighted by Gasteiger charge is -2.39. The number of hydrogen-bond acceptors (Lipinski definition) is 4. The third-order valence-corrected chi connectivity index (χ3v) is 6.44. The fourth-order valence-corrected chi connectivity index (χ4v) is 4.72. The fraction of sp³-hybridized carbons (Fsp3) is 0.417. The van der Waals surface area contributed by atoms with Crippen LogP contribution in [0.1, 0.15) is 41.9 Å². The van der Waals surface area contributed by atoms with Gasteiger partial charge in [-0.1, -0.05) is 30.3 Å². The molecule has 2 aliphatic heterocycles. The van der Waals surface area contributed by atoms with Crippen LogP contribution >= 0.6 is 0 Å². The normalized spacial score (nSPS) is 21.3. The van der Waals surface area contributed by atoms with Gasteiger partial charge in [0, 0.05) is 25.2 Å². The van der Waals surface area contributed by atoms with Gasteiger partial charge in [0.1, 0.15) is 5.82 Å². The predicted octanol–water partition coefficient (Wildman–Crippen LogP) is 3.51. The Morgan fingerprint density at radius 1 is 1.10 bits per heavy atom. The van der Waals surface area contributed by atoms with Gasteiger partial charge in [-0.3, -0.25) is 9.69 Å². The Bertz CT molecular complexity index is 975. The van der Waals surface area contributed by atoms with Crippen LogP contribution in [0.25, 0.3) is 11.0 Å². The fourth-order valence-electron chi connectivity index (χ4n) is 4.72. The van der Waals surface area contributed by atoms with Crippen molar-refractivity contribution in [2.24, 2.45) is 0 Å². The molecule has 2 aromatic carbocycles. The van der Waals surface area contributed by atoms with E-state index in [1.165, 1.54) is 0 Å². The number of para-hydroxylation sites is 2. The number of hydrogen-bond donors (Lipinski definition) is 2. The van der Waals surface area contributed by atoms with Crippen molar-refractivity contribution in [3.05, 3.63) is 66.0 Å². The zero-order valence-corrected chi connectivity index (χ0v) is 17.1. The van der Waals surface area contributed by atoms with E-state index in [-0.39, 0.29) is 17.6 Å². The quantitative estimate of drug-likeness (QED) is 0.683. The van der Waals surface area contributed by atoms with E-state index in [4.69, 9.17) is 9.72 Å². The molecule has 30 heavy (non-hydrogen) atoms. The van der Waals surface area contributed by atoms with E-state index in [1.807, 2.05) is 48.5 Å². The highest BCUT2D eigenvalue weighted by atomic mass is 16.5. The molecule has 1 amide bonds. The summed E-state index contributed by atoms with van der Waals surface area (Å²) in [6.45, 7) is 3.46. The number of H-pyrrole nitrogens is 1. The van der Waals surface area contributed by atoms with Crippen molar-refractivity contribution in [1.82, 2.24) is 20.2 Å². The summed E-state index contributed by atoms with van der Waals surface area (Å²) >= 11 is 0. The second-order valence-corrected chi connectivity index (χ2v) is 8.51. The molecule has 2 fully saturated rings. The standard InChI is InChI=1S/C24H28N4O2/c29-23(18-6-2-1-3-7-18)25-16-19-10-11-24(30-19)12-14-28(15-13-24)17-22-26-20-8-4-5-9-21(20)27-22/h1-9,19H,10-17H2,(H,25,29)(H,26,27)/t19-/m0/s1. The van der Waals surface area contributed by atoms with E-state index < -0.39 is 0 Å². The first-order valence-electron chi connectivity index (χ1n) is 10.9. The summed E-state index contributed by atoms with van der Waals surface area (Å²) in [5.41, 5.74) is 2.80. The van der Waals surface area contributed by atoms with Crippen molar-refractivity contribution in [3.8, 4) is 0 Å². The van der Waals surface area contributed by atoms with E-state index in [1.54, 1.807) is 0 Å². The van der Waals surface area contributed by atoms with Gasteiger partial charge in [0.15, 0.2) is 0 Å². The molecule has 0 saturated carbocycles. The van der Waals surface area contributed by atoms with Crippen LogP contribution in [0.5, 0.6) is 0 Å². The van der Waals surface area contributed by atoms with Gasteiger partial charge < -0.3 is 15.0 Å². The number of benzene rings is 2. The Balaban J connectivity index is 1.10. The molecule has 156 valence electrons. The minimum absolute atomic E-state index is 0.0213. The second kappa shape index (κ2) is 8.20. The molecule has 0 radical (unpaired) electrons. The van der Waals surface area contributed by atoms with Crippen LogP contribution in [0.3, 0.4) is 0 Å². The van der Waals surface area contributed by atoms with Gasteiger partial charge in [-0.15, -0.1) is 0 Å². The van der Waals surface area contributed by atoms with Gasteiger partial charge in [0.25, 0.3) is 5.91 Å². The summed E-state index contributed by atoms with van der Waals surface area (Å²) in [4.78, 5) is 22.9. The number of likely N-dealkylation sites (tertiary alicyclic amines) is 1. The molecule has 6 nitrogen and oxygen atoms in total. The van der Waals surface area contributed by atoms with Crippen LogP contribution in [0.4, 0.5) is 0 Å². The summed E-state index contributed by atoms with van der Waals surface area (Å²) in [7, 11) is 0. The van der Waals surface area contributed by atoms with Crippen LogP contribution in [-0.2, 0) is 11.3 Å². The van der Waals surface area contributed by atoms with Crippen molar-refractivity contribution in [1.29, 1.82) is 0 Å². The number of carbonyl (C=O) groups excluding carboxylic acids is 1. The average molecular weight is 405 g/mol. The average Bonchev–Trinajstić information content (AvgIpc) is 3.38. The number of ether oxygens (including phenoxy) is 1. The van der Waals surface area contributed by atoms with Crippen LogP contribution < -0.4 is 5.32 Å². The third kappa shape index (κ3) is 4.11. The van der Waals surface area contributed by atoms with E-state index in [0.29, 0.717) is 12.1 Å². The predicted molar refractivity (Wildman–Crippen MR) is 116 cm³/mol. The first-order valence-corrected chi connectivity index (χ1v) is 10.9. The van der Waals surface area contributed by atoms with E-state index in [0.717, 1.165) is 62.2 Å². The number of imidazole rings is 1. The van der Waals surface area contributed by atoms with Gasteiger partial charge in [0.2, 0.25) is 0 Å². The number of amides is 1. The lowest BCUT2D eigenvalue weighted by Crippen LogP contribution is -2.45. The molecular formula is C24H28N4O2. The molecule has 3 aromatic rings. The Hall–Kier alpha value is -2.70. The van der Waals surface area contributed by atoms with Crippen LogP contribution in [0.15, 0.2) is 54.6 Å². The summed E-state index contributed by atoms with van der Waals surface area (Å²) in [5.74, 6) is 1.00. The SMILES string of the molecule is O=C(NC[C@@H]1CCC2(CCN(Cc3nc4ccccc4[nH]3)CC2)O1)c1ccccc1. The van der Waals surface area contributed by atoms with E-state index in [9.17, 15) is 4.79 Å². The minimum atomic E-state index is -0.0270. The lowest BCUT2D eigenvalue weighted by molar-refractivity contribution is -0.0766. The van der Waals surface area contributed by atoms with Gasteiger partial charge in [-0.05, 0) is 49.9 Å². The number of piperidine rings is 1. The summed E-state index contributed by atoms with van der Waals surface area (Å²) in [6.07, 6.45) is 4.28. The van der Waals surface area contributed by atoms with Gasteiger partial charge in [0.05, 0.1) is 29.3 Å². The Labute approximate surface area is 176 Å². The number of carbonyl (C=O) groups is 1. The number of nitrogens with zero attached hydrogens (tertiary/aromatic N) is 2. The lowest BCUT2D eigenvalue weighted by atomic mass is 9.88. The number of fused-ring (bicyclic) bond motifs is 1. The molecule has 3 heterocycles. The monoisotopic (exact) mass is 404 g/mol. The Morgan fingerprint density at radius 3 is 2.67 bits per heavy atom. The van der Waals surface area contributed by atoms with Gasteiger partial charge in [-0.25, -0.2) is 4.98 Å². The molecule has 6 heteroatoms. The van der Waals surface area contributed by atoms with E-state index >= 15 is 0 Å². The highest BCUT2D eigenvalue weighted by Gasteiger charge is 2.42. The van der Waals surface area contributed by atoms with Crippen molar-refractivity contribution in [2.45, 2.75) is 43.9 Å². The minimum Gasteiger partial charge on any atom is -0.370 e. The topological polar surface area (TPSA) is 70.2 Å². The van der Waals surface area contributed by atoms with Crippen LogP contribution in [0.2, 0.25) is 0 Å². The number of nitrogens with one attached hydrogen (secondary N) is 2. The Kier molecular flexibility index (Phi) is 5.27. The van der Waals surface area contributed by atoms with Gasteiger partial charge in [-0.2, -0.15) is 0 Å². The molecule has 5 rings (SSSR count). The highest BCUT2D eigenvalue weighted by molar-refractivity contribution is 5.94. The number of aromatic nitrogens is 2. The molecule has 0 bridgehead atoms. The maximum Gasteiger partial charge on any atom is 0.251 e. The Morgan fingerprint density at radius 2 is 1.87 bits per heavy atom. The zero-order chi connectivity index (χ0) is 20.4. The largest absolute Gasteiger partial charge is 0.370 e. The summed E-state index contributed by atoms with van der Waals surface area (Å²) < 4.78 is 6.46. The molecule has 1 spiro atoms. The van der Waals surface area contributed by atoms with Crippen LogP contribution in [-0.4, -0.2) is 52.1 Å². The van der Waals surface area contributed by atoms with Crippen molar-refractivity contribution >= 4 is 16.9 Å². The maximum atomic E-state index is 12.3. The molecule has 2 N–H and O–H groups in total. The number of rotatable bonds is 5. The molecule has 1 atom stereocenters. The van der Waals surface area contributed by atoms with E-state index in [2.05, 4.69) is 21.3 Å². The van der Waals surface area contributed by atoms with Crippen molar-refractivity contribution < 1.29 is 9.53 Å². The third-order valence-electron chi connectivity index (χ3n) is 6.44. The first kappa shape index (κ1) is 19.3. The van der Waals surface area contributed by atoms with Gasteiger partial charge >= 0.3 is 0 Å². The molecule has 1 aromatic heterocycles. The molecule has 2 aliphatic rings. The molecule has 0 aliphatic carbocycles. The first-order chi connectivity index (χ1) is 14.7. The van der Waals surface area contributed by atoms with Crippen molar-refractivity contribution in [3.63, 3.8) is 0 Å². The number of aromatic amines is 1. The summed E-state index contributed by atoms with van der Waals surface area (Å²) in [6, 6.07) is 17.5. The summed E-state index contributed by atoms with van der Waals surface area (Å²) in [5, 5.41) is 3.03. The smallest absolute Gasteiger partial charge is 0.251 e. The molecule has 0 unspecified atom stereocenters. The zero-order valence-electron chi connectivity index (χ0n) is 17.1. The highest BCUT2D eigenvalue weighted by Crippen LogP contribution is 2.39.